The van der Waals surface area contributed by atoms with Gasteiger partial charge in [0.05, 0.1) is 10.9 Å². The summed E-state index contributed by atoms with van der Waals surface area (Å²) in [7, 11) is 0. The first-order chi connectivity index (χ1) is 13.6. The molecule has 2 heterocycles. The van der Waals surface area contributed by atoms with E-state index < -0.39 is 11.2 Å². The summed E-state index contributed by atoms with van der Waals surface area (Å²) in [5.41, 5.74) is 0.375. The van der Waals surface area contributed by atoms with E-state index in [1.54, 1.807) is 24.3 Å². The molecule has 0 saturated carbocycles. The summed E-state index contributed by atoms with van der Waals surface area (Å²) < 4.78 is 12.6. The Morgan fingerprint density at radius 2 is 1.89 bits per heavy atom. The number of aryl methyl sites for hydroxylation is 1. The average Bonchev–Trinajstić information content (AvgIpc) is 2.72. The molecule has 0 bridgehead atoms. The maximum Gasteiger partial charge on any atom is 0.328 e. The number of nitrogens with one attached hydrogen (secondary N) is 2. The monoisotopic (exact) mass is 381 g/mol. The minimum Gasteiger partial charge on any atom is -0.486 e. The summed E-state index contributed by atoms with van der Waals surface area (Å²) in [5, 5.41) is 3.25. The second-order valence-electron chi connectivity index (χ2n) is 6.40. The van der Waals surface area contributed by atoms with Crippen molar-refractivity contribution < 1.29 is 14.3 Å². The van der Waals surface area contributed by atoms with Gasteiger partial charge in [0, 0.05) is 25.1 Å². The lowest BCUT2D eigenvalue weighted by Gasteiger charge is -2.21. The third-order valence-electron chi connectivity index (χ3n) is 4.59. The number of aromatic amines is 1. The smallest absolute Gasteiger partial charge is 0.328 e. The summed E-state index contributed by atoms with van der Waals surface area (Å²) in [5.74, 6) is 1.11. The highest BCUT2D eigenvalue weighted by atomic mass is 16.6. The number of para-hydroxylation sites is 2. The van der Waals surface area contributed by atoms with Crippen LogP contribution in [0, 0.1) is 0 Å². The van der Waals surface area contributed by atoms with E-state index in [9.17, 15) is 14.4 Å². The molecule has 0 spiro atoms. The van der Waals surface area contributed by atoms with Crippen LogP contribution in [0.15, 0.2) is 52.1 Å². The average molecular weight is 381 g/mol. The Bertz CT molecular complexity index is 1150. The van der Waals surface area contributed by atoms with Gasteiger partial charge in [-0.1, -0.05) is 24.3 Å². The molecule has 0 fully saturated rings. The van der Waals surface area contributed by atoms with Crippen LogP contribution in [0.4, 0.5) is 0 Å². The molecular formula is C20H19N3O5. The number of nitrogens with zero attached hydrogens (tertiary/aromatic N) is 1. The van der Waals surface area contributed by atoms with Crippen molar-refractivity contribution in [1.29, 1.82) is 0 Å². The Morgan fingerprint density at radius 1 is 1.07 bits per heavy atom. The summed E-state index contributed by atoms with van der Waals surface area (Å²) in [6, 6.07) is 12.4. The molecule has 3 aromatic rings. The largest absolute Gasteiger partial charge is 0.486 e. The molecule has 28 heavy (non-hydrogen) atoms. The topological polar surface area (TPSA) is 102 Å². The number of fused-ring (bicyclic) bond motifs is 2. The van der Waals surface area contributed by atoms with Crippen molar-refractivity contribution in [3.05, 3.63) is 68.9 Å². The molecule has 1 aromatic heterocycles. The van der Waals surface area contributed by atoms with Gasteiger partial charge in [0.1, 0.15) is 13.2 Å². The van der Waals surface area contributed by atoms with Gasteiger partial charge in [-0.15, -0.1) is 0 Å². The van der Waals surface area contributed by atoms with Crippen LogP contribution in [0.1, 0.15) is 12.0 Å². The third-order valence-corrected chi connectivity index (χ3v) is 4.59. The van der Waals surface area contributed by atoms with Gasteiger partial charge in [-0.2, -0.15) is 0 Å². The second kappa shape index (κ2) is 7.59. The van der Waals surface area contributed by atoms with Gasteiger partial charge in [0.2, 0.25) is 5.91 Å². The highest BCUT2D eigenvalue weighted by Gasteiger charge is 2.16. The Labute approximate surface area is 159 Å². The minimum absolute atomic E-state index is 0.0995. The quantitative estimate of drug-likeness (QED) is 0.691. The highest BCUT2D eigenvalue weighted by molar-refractivity contribution is 5.78. The van der Waals surface area contributed by atoms with Crippen molar-refractivity contribution >= 4 is 16.8 Å². The van der Waals surface area contributed by atoms with Crippen molar-refractivity contribution in [3.63, 3.8) is 0 Å². The molecule has 1 aliphatic heterocycles. The van der Waals surface area contributed by atoms with E-state index >= 15 is 0 Å². The fraction of sp³-hybridized carbons (Fsp3) is 0.250. The fourth-order valence-electron chi connectivity index (χ4n) is 3.23. The Hall–Kier alpha value is -3.55. The van der Waals surface area contributed by atoms with Crippen molar-refractivity contribution in [2.45, 2.75) is 19.5 Å². The summed E-state index contributed by atoms with van der Waals surface area (Å²) >= 11 is 0. The zero-order chi connectivity index (χ0) is 19.5. The Balaban J connectivity index is 1.44. The van der Waals surface area contributed by atoms with Crippen LogP contribution in [0.2, 0.25) is 0 Å². The zero-order valence-electron chi connectivity index (χ0n) is 15.1. The SMILES string of the molecule is O=C(CCn1c(=O)[nH]c(=O)c2ccccc21)NCc1cccc2c1OCCO2. The minimum atomic E-state index is -0.529. The number of hydrogen-bond acceptors (Lipinski definition) is 5. The number of hydrogen-bond donors (Lipinski definition) is 2. The van der Waals surface area contributed by atoms with E-state index in [1.807, 2.05) is 18.2 Å². The van der Waals surface area contributed by atoms with Gasteiger partial charge in [0.15, 0.2) is 11.5 Å². The van der Waals surface area contributed by atoms with E-state index in [-0.39, 0.29) is 18.9 Å². The highest BCUT2D eigenvalue weighted by Crippen LogP contribution is 2.33. The Kier molecular flexibility index (Phi) is 4.84. The van der Waals surface area contributed by atoms with Gasteiger partial charge in [-0.3, -0.25) is 19.1 Å². The van der Waals surface area contributed by atoms with Crippen LogP contribution in [-0.4, -0.2) is 28.7 Å². The van der Waals surface area contributed by atoms with Gasteiger partial charge >= 0.3 is 5.69 Å². The fourth-order valence-corrected chi connectivity index (χ4v) is 3.23. The number of rotatable bonds is 5. The van der Waals surface area contributed by atoms with Gasteiger partial charge in [-0.25, -0.2) is 4.79 Å². The molecule has 8 heteroatoms. The third kappa shape index (κ3) is 3.48. The zero-order valence-corrected chi connectivity index (χ0v) is 15.1. The normalized spacial score (nSPS) is 12.7. The number of carbonyl (C=O) groups is 1. The second-order valence-corrected chi connectivity index (χ2v) is 6.40. The lowest BCUT2D eigenvalue weighted by molar-refractivity contribution is -0.121. The van der Waals surface area contributed by atoms with Crippen LogP contribution in [0.5, 0.6) is 11.5 Å². The molecule has 2 N–H and O–H groups in total. The number of H-pyrrole nitrogens is 1. The summed E-state index contributed by atoms with van der Waals surface area (Å²) in [4.78, 5) is 38.6. The first kappa shape index (κ1) is 17.8. The molecule has 144 valence electrons. The first-order valence-electron chi connectivity index (χ1n) is 8.99. The molecule has 2 aromatic carbocycles. The lowest BCUT2D eigenvalue weighted by Crippen LogP contribution is -2.32. The molecule has 0 unspecified atom stereocenters. The predicted molar refractivity (Wildman–Crippen MR) is 103 cm³/mol. The van der Waals surface area contributed by atoms with E-state index in [1.165, 1.54) is 4.57 Å². The molecule has 4 rings (SSSR count). The molecule has 0 radical (unpaired) electrons. The van der Waals surface area contributed by atoms with Crippen molar-refractivity contribution in [2.75, 3.05) is 13.2 Å². The molecule has 8 nitrogen and oxygen atoms in total. The molecule has 0 atom stereocenters. The maximum absolute atomic E-state index is 12.3. The number of benzene rings is 2. The molecule has 1 aliphatic rings. The van der Waals surface area contributed by atoms with Gasteiger partial charge in [-0.05, 0) is 18.2 Å². The van der Waals surface area contributed by atoms with Crippen molar-refractivity contribution in [1.82, 2.24) is 14.9 Å². The summed E-state index contributed by atoms with van der Waals surface area (Å²) in [6.45, 7) is 1.44. The predicted octanol–water partition coefficient (Wildman–Crippen LogP) is 1.17. The van der Waals surface area contributed by atoms with Crippen LogP contribution < -0.4 is 26.0 Å². The van der Waals surface area contributed by atoms with Crippen LogP contribution in [0.3, 0.4) is 0 Å². The van der Waals surface area contributed by atoms with Gasteiger partial charge < -0.3 is 14.8 Å². The molecule has 1 amide bonds. The van der Waals surface area contributed by atoms with E-state index in [4.69, 9.17) is 9.47 Å². The van der Waals surface area contributed by atoms with Crippen LogP contribution >= 0.6 is 0 Å². The van der Waals surface area contributed by atoms with Gasteiger partial charge in [0.25, 0.3) is 5.56 Å². The number of amides is 1. The number of aromatic nitrogens is 2. The standard InChI is InChI=1S/C20H19N3O5/c24-17(21-12-13-4-3-7-16-18(13)28-11-10-27-16)8-9-23-15-6-2-1-5-14(15)19(25)22-20(23)26/h1-7H,8-12H2,(H,21,24)(H,22,25,26). The maximum atomic E-state index is 12.3. The molecular weight excluding hydrogens is 362 g/mol. The van der Waals surface area contributed by atoms with E-state index in [0.717, 1.165) is 5.56 Å². The van der Waals surface area contributed by atoms with Crippen LogP contribution in [-0.2, 0) is 17.9 Å². The number of ether oxygens (including phenoxy) is 2. The molecule has 0 aliphatic carbocycles. The summed E-state index contributed by atoms with van der Waals surface area (Å²) in [6.07, 6.45) is 0.0995. The van der Waals surface area contributed by atoms with E-state index in [0.29, 0.717) is 42.2 Å². The number of carbonyl (C=O) groups excluding carboxylic acids is 1. The van der Waals surface area contributed by atoms with E-state index in [2.05, 4.69) is 10.3 Å². The van der Waals surface area contributed by atoms with Crippen molar-refractivity contribution in [3.8, 4) is 11.5 Å². The molecule has 0 saturated heterocycles. The first-order valence-corrected chi connectivity index (χ1v) is 8.99. The lowest BCUT2D eigenvalue weighted by atomic mass is 10.1. The van der Waals surface area contributed by atoms with Crippen molar-refractivity contribution in [2.24, 2.45) is 0 Å². The van der Waals surface area contributed by atoms with Crippen LogP contribution in [0.25, 0.3) is 10.9 Å². The Morgan fingerprint density at radius 3 is 2.79 bits per heavy atom.